The van der Waals surface area contributed by atoms with E-state index in [-0.39, 0.29) is 16.0 Å². The first kappa shape index (κ1) is 14.0. The highest BCUT2D eigenvalue weighted by Crippen LogP contribution is 2.39. The van der Waals surface area contributed by atoms with E-state index in [9.17, 15) is 17.6 Å². The lowest BCUT2D eigenvalue weighted by Crippen LogP contribution is -2.03. The fourth-order valence-corrected chi connectivity index (χ4v) is 2.43. The van der Waals surface area contributed by atoms with Gasteiger partial charge in [0.15, 0.2) is 10.8 Å². The van der Waals surface area contributed by atoms with Crippen molar-refractivity contribution in [2.75, 3.05) is 6.61 Å². The van der Waals surface area contributed by atoms with E-state index in [1.54, 1.807) is 0 Å². The first-order chi connectivity index (χ1) is 8.93. The van der Waals surface area contributed by atoms with Gasteiger partial charge in [0, 0.05) is 0 Å². The van der Waals surface area contributed by atoms with Gasteiger partial charge in [-0.3, -0.25) is 0 Å². The van der Waals surface area contributed by atoms with E-state index in [1.165, 1.54) is 6.07 Å². The van der Waals surface area contributed by atoms with Crippen molar-refractivity contribution in [3.05, 3.63) is 23.0 Å². The number of thiazole rings is 1. The molecule has 1 aromatic heterocycles. The maximum atomic E-state index is 13.5. The Labute approximate surface area is 111 Å². The maximum absolute atomic E-state index is 13.5. The molecule has 1 aromatic carbocycles. The van der Waals surface area contributed by atoms with Gasteiger partial charge >= 0.3 is 6.18 Å². The summed E-state index contributed by atoms with van der Waals surface area (Å²) in [5, 5.41) is -1.06. The third-order valence-electron chi connectivity index (χ3n) is 2.46. The summed E-state index contributed by atoms with van der Waals surface area (Å²) in [5.41, 5.74) is -0.286. The van der Waals surface area contributed by atoms with Gasteiger partial charge in [-0.2, -0.15) is 13.2 Å². The Hall–Kier alpha value is -1.37. The van der Waals surface area contributed by atoms with E-state index >= 15 is 0 Å². The number of halogens is 4. The molecule has 2 nitrogen and oxygen atoms in total. The van der Waals surface area contributed by atoms with Crippen molar-refractivity contribution in [3.63, 3.8) is 0 Å². The number of hydrogen-bond donors (Lipinski definition) is 0. The zero-order valence-electron chi connectivity index (χ0n) is 10.1. The molecule has 104 valence electrons. The first-order valence-corrected chi connectivity index (χ1v) is 6.54. The third kappa shape index (κ3) is 2.97. The predicted molar refractivity (Wildman–Crippen MR) is 65.0 cm³/mol. The molecule has 0 saturated carbocycles. The molecule has 0 aliphatic heterocycles. The van der Waals surface area contributed by atoms with Gasteiger partial charge in [0.05, 0.1) is 11.3 Å². The van der Waals surface area contributed by atoms with Gasteiger partial charge in [0.1, 0.15) is 11.3 Å². The average molecular weight is 293 g/mol. The zero-order valence-corrected chi connectivity index (χ0v) is 10.9. The number of aromatic nitrogens is 1. The molecule has 0 bridgehead atoms. The number of hydrogen-bond acceptors (Lipinski definition) is 3. The minimum atomic E-state index is -4.57. The topological polar surface area (TPSA) is 22.1 Å². The Kier molecular flexibility index (Phi) is 3.93. The molecule has 0 saturated heterocycles. The fourth-order valence-electron chi connectivity index (χ4n) is 1.51. The Morgan fingerprint density at radius 2 is 2.05 bits per heavy atom. The zero-order chi connectivity index (χ0) is 14.0. The molecule has 0 spiro atoms. The van der Waals surface area contributed by atoms with E-state index in [0.29, 0.717) is 17.9 Å². The van der Waals surface area contributed by atoms with Gasteiger partial charge in [0.25, 0.3) is 0 Å². The summed E-state index contributed by atoms with van der Waals surface area (Å²) in [6, 6.07) is 2.41. The van der Waals surface area contributed by atoms with E-state index in [1.807, 2.05) is 6.92 Å². The van der Waals surface area contributed by atoms with E-state index in [2.05, 4.69) is 4.98 Å². The lowest BCUT2D eigenvalue weighted by Gasteiger charge is -2.05. The summed E-state index contributed by atoms with van der Waals surface area (Å²) in [6.45, 7) is 2.36. The molecule has 0 aliphatic rings. The normalized spacial score (nSPS) is 12.1. The molecule has 0 fully saturated rings. The van der Waals surface area contributed by atoms with Crippen LogP contribution in [0.25, 0.3) is 10.2 Å². The number of unbranched alkanes of at least 4 members (excludes halogenated alkanes) is 1. The number of benzene rings is 1. The lowest BCUT2D eigenvalue weighted by atomic mass is 10.3. The SMILES string of the molecule is CCCCOc1ccc(F)c2nc(C(F)(F)F)sc12. The van der Waals surface area contributed by atoms with E-state index < -0.39 is 17.0 Å². The van der Waals surface area contributed by atoms with Crippen LogP contribution in [-0.4, -0.2) is 11.6 Å². The van der Waals surface area contributed by atoms with Crippen molar-refractivity contribution in [1.29, 1.82) is 0 Å². The first-order valence-electron chi connectivity index (χ1n) is 5.72. The van der Waals surface area contributed by atoms with Crippen LogP contribution in [0.5, 0.6) is 5.75 Å². The van der Waals surface area contributed by atoms with Crippen molar-refractivity contribution >= 4 is 21.6 Å². The highest BCUT2D eigenvalue weighted by atomic mass is 32.1. The van der Waals surface area contributed by atoms with Gasteiger partial charge < -0.3 is 4.74 Å². The summed E-state index contributed by atoms with van der Waals surface area (Å²) < 4.78 is 56.7. The second-order valence-electron chi connectivity index (χ2n) is 3.94. The molecule has 2 rings (SSSR count). The summed E-state index contributed by atoms with van der Waals surface area (Å²) in [5.74, 6) is -0.526. The van der Waals surface area contributed by atoms with Gasteiger partial charge in [-0.25, -0.2) is 9.37 Å². The number of rotatable bonds is 4. The average Bonchev–Trinajstić information content (AvgIpc) is 2.78. The van der Waals surface area contributed by atoms with Crippen molar-refractivity contribution in [2.24, 2.45) is 0 Å². The second kappa shape index (κ2) is 5.32. The predicted octanol–water partition coefficient (Wildman–Crippen LogP) is 4.63. The highest BCUT2D eigenvalue weighted by molar-refractivity contribution is 7.19. The van der Waals surface area contributed by atoms with Crippen molar-refractivity contribution in [3.8, 4) is 5.75 Å². The van der Waals surface area contributed by atoms with E-state index in [4.69, 9.17) is 4.74 Å². The second-order valence-corrected chi connectivity index (χ2v) is 4.94. The molecule has 0 unspecified atom stereocenters. The molecule has 0 N–H and O–H groups in total. The summed E-state index contributed by atoms with van der Waals surface area (Å²) in [7, 11) is 0. The minimum absolute atomic E-state index is 0.100. The quantitative estimate of drug-likeness (QED) is 0.605. The van der Waals surface area contributed by atoms with Gasteiger partial charge in [-0.15, -0.1) is 11.3 Å². The molecule has 0 atom stereocenters. The van der Waals surface area contributed by atoms with Crippen LogP contribution in [0.3, 0.4) is 0 Å². The Balaban J connectivity index is 2.43. The van der Waals surface area contributed by atoms with Gasteiger partial charge in [-0.1, -0.05) is 13.3 Å². The van der Waals surface area contributed by atoms with Crippen molar-refractivity contribution < 1.29 is 22.3 Å². The van der Waals surface area contributed by atoms with Crippen LogP contribution in [0.15, 0.2) is 12.1 Å². The molecule has 0 amide bonds. The third-order valence-corrected chi connectivity index (χ3v) is 3.57. The number of ether oxygens (including phenoxy) is 1. The molecular formula is C12H11F4NOS. The number of alkyl halides is 3. The maximum Gasteiger partial charge on any atom is 0.443 e. The molecule has 1 heterocycles. The van der Waals surface area contributed by atoms with Crippen molar-refractivity contribution in [1.82, 2.24) is 4.98 Å². The standard InChI is InChI=1S/C12H11F4NOS/c1-2-3-6-18-8-5-4-7(13)9-10(8)19-11(17-9)12(14,15)16/h4-5H,2-3,6H2,1H3. The Morgan fingerprint density at radius 1 is 1.32 bits per heavy atom. The number of nitrogens with zero attached hydrogens (tertiary/aromatic N) is 1. The van der Waals surface area contributed by atoms with Crippen molar-refractivity contribution in [2.45, 2.75) is 25.9 Å². The molecule has 0 radical (unpaired) electrons. The summed E-state index contributed by atoms with van der Waals surface area (Å²) in [4.78, 5) is 3.31. The summed E-state index contributed by atoms with van der Waals surface area (Å²) >= 11 is 0.402. The Bertz CT molecular complexity index is 579. The largest absolute Gasteiger partial charge is 0.492 e. The molecular weight excluding hydrogens is 282 g/mol. The van der Waals surface area contributed by atoms with Crippen LogP contribution in [0.1, 0.15) is 24.8 Å². The molecule has 19 heavy (non-hydrogen) atoms. The number of fused-ring (bicyclic) bond motifs is 1. The smallest absolute Gasteiger partial charge is 0.443 e. The van der Waals surface area contributed by atoms with Crippen LogP contribution in [0.2, 0.25) is 0 Å². The van der Waals surface area contributed by atoms with Gasteiger partial charge in [0.2, 0.25) is 0 Å². The molecule has 7 heteroatoms. The van der Waals surface area contributed by atoms with Gasteiger partial charge in [-0.05, 0) is 18.6 Å². The molecule has 0 aliphatic carbocycles. The highest BCUT2D eigenvalue weighted by Gasteiger charge is 2.35. The van der Waals surface area contributed by atoms with E-state index in [0.717, 1.165) is 18.9 Å². The monoisotopic (exact) mass is 293 g/mol. The van der Waals surface area contributed by atoms with Crippen LogP contribution < -0.4 is 4.74 Å². The fraction of sp³-hybridized carbons (Fsp3) is 0.417. The van der Waals surface area contributed by atoms with Crippen LogP contribution >= 0.6 is 11.3 Å². The Morgan fingerprint density at radius 3 is 2.68 bits per heavy atom. The lowest BCUT2D eigenvalue weighted by molar-refractivity contribution is -0.137. The van der Waals surface area contributed by atoms with Crippen LogP contribution in [-0.2, 0) is 6.18 Å². The summed E-state index contributed by atoms with van der Waals surface area (Å²) in [6.07, 6.45) is -2.89. The molecule has 2 aromatic rings. The van der Waals surface area contributed by atoms with Crippen LogP contribution in [0, 0.1) is 5.82 Å². The van der Waals surface area contributed by atoms with Crippen LogP contribution in [0.4, 0.5) is 17.6 Å². The minimum Gasteiger partial charge on any atom is -0.492 e.